The second-order valence-electron chi connectivity index (χ2n) is 6.57. The van der Waals surface area contributed by atoms with Crippen LogP contribution in [0.15, 0.2) is 53.5 Å². The molecule has 8 nitrogen and oxygen atoms in total. The Bertz CT molecular complexity index is 1280. The van der Waals surface area contributed by atoms with E-state index in [2.05, 4.69) is 20.4 Å². The minimum Gasteiger partial charge on any atom is -0.323 e. The van der Waals surface area contributed by atoms with Crippen LogP contribution in [-0.4, -0.2) is 30.1 Å². The van der Waals surface area contributed by atoms with Crippen LogP contribution in [0.5, 0.6) is 0 Å². The molecule has 4 aromatic rings. The van der Waals surface area contributed by atoms with Crippen molar-refractivity contribution in [1.82, 2.24) is 24.1 Å². The van der Waals surface area contributed by atoms with E-state index in [1.807, 2.05) is 31.2 Å². The van der Waals surface area contributed by atoms with Gasteiger partial charge >= 0.3 is 5.69 Å². The fraction of sp³-hybridized carbons (Fsp3) is 0.150. The minimum atomic E-state index is -0.442. The van der Waals surface area contributed by atoms with Crippen molar-refractivity contribution in [3.8, 4) is 11.4 Å². The maximum atomic E-state index is 12.7. The molecule has 0 aliphatic carbocycles. The van der Waals surface area contributed by atoms with E-state index in [-0.39, 0.29) is 6.54 Å². The van der Waals surface area contributed by atoms with E-state index >= 15 is 0 Å². The largest absolute Gasteiger partial charge is 0.352 e. The predicted octanol–water partition coefficient (Wildman–Crippen LogP) is 2.86. The number of carbonyl (C=O) groups is 1. The van der Waals surface area contributed by atoms with Gasteiger partial charge in [0.15, 0.2) is 5.65 Å². The van der Waals surface area contributed by atoms with E-state index < -0.39 is 11.6 Å². The van der Waals surface area contributed by atoms with Crippen LogP contribution in [-0.2, 0) is 11.3 Å². The van der Waals surface area contributed by atoms with Crippen molar-refractivity contribution in [2.45, 2.75) is 20.4 Å². The molecule has 0 aliphatic rings. The molecule has 9 heteroatoms. The second kappa shape index (κ2) is 7.48. The summed E-state index contributed by atoms with van der Waals surface area (Å²) in [7, 11) is 0. The number of hydrogen-bond donors (Lipinski definition) is 1. The van der Waals surface area contributed by atoms with E-state index in [1.54, 1.807) is 31.3 Å². The lowest BCUT2D eigenvalue weighted by molar-refractivity contribution is -0.117. The third-order valence-corrected chi connectivity index (χ3v) is 4.67. The number of aromatic nitrogens is 5. The normalized spacial score (nSPS) is 11.0. The zero-order valence-corrected chi connectivity index (χ0v) is 16.5. The molecule has 3 heterocycles. The zero-order valence-electron chi connectivity index (χ0n) is 15.8. The van der Waals surface area contributed by atoms with Crippen LogP contribution in [0.25, 0.3) is 17.0 Å². The maximum Gasteiger partial charge on any atom is 0.352 e. The highest BCUT2D eigenvalue weighted by molar-refractivity contribution is 6.33. The number of amides is 1. The second-order valence-corrected chi connectivity index (χ2v) is 6.98. The fourth-order valence-electron chi connectivity index (χ4n) is 3.00. The highest BCUT2D eigenvalue weighted by atomic mass is 35.5. The van der Waals surface area contributed by atoms with Crippen molar-refractivity contribution in [2.75, 3.05) is 5.32 Å². The molecule has 146 valence electrons. The average molecular weight is 409 g/mol. The molecule has 0 aliphatic heterocycles. The predicted molar refractivity (Wildman–Crippen MR) is 110 cm³/mol. The molecule has 0 radical (unpaired) electrons. The molecule has 29 heavy (non-hydrogen) atoms. The summed E-state index contributed by atoms with van der Waals surface area (Å²) in [5.74, 6) is 0.0539. The van der Waals surface area contributed by atoms with Gasteiger partial charge < -0.3 is 5.32 Å². The van der Waals surface area contributed by atoms with Crippen LogP contribution in [0.4, 0.5) is 5.69 Å². The van der Waals surface area contributed by atoms with Gasteiger partial charge in [0.2, 0.25) is 5.91 Å². The number of halogens is 1. The van der Waals surface area contributed by atoms with E-state index in [1.165, 1.54) is 4.40 Å². The van der Waals surface area contributed by atoms with E-state index in [9.17, 15) is 9.59 Å². The average Bonchev–Trinajstić information content (AvgIpc) is 3.00. The number of nitrogens with one attached hydrogen (secondary N) is 1. The Morgan fingerprint density at radius 3 is 2.69 bits per heavy atom. The molecule has 0 spiro atoms. The molecule has 1 amide bonds. The number of carbonyl (C=O) groups excluding carboxylic acids is 1. The van der Waals surface area contributed by atoms with Gasteiger partial charge in [-0.25, -0.2) is 18.9 Å². The molecule has 0 saturated heterocycles. The van der Waals surface area contributed by atoms with Crippen LogP contribution < -0.4 is 11.0 Å². The monoisotopic (exact) mass is 408 g/mol. The Kier molecular flexibility index (Phi) is 4.85. The van der Waals surface area contributed by atoms with E-state index in [0.29, 0.717) is 33.6 Å². The highest BCUT2D eigenvalue weighted by Crippen LogP contribution is 2.22. The number of fused-ring (bicyclic) bond motifs is 1. The standard InChI is InChI=1S/C20H17ClN6O2/c1-12-6-7-15(14(21)9-12)24-19(28)11-26-20(29)27-13(2)23-17(10-18(27)25-26)16-5-3-4-8-22-16/h3-10H,11H2,1-2H3,(H,24,28). The first-order chi connectivity index (χ1) is 13.9. The molecule has 4 rings (SSSR count). The summed E-state index contributed by atoms with van der Waals surface area (Å²) >= 11 is 6.15. The third kappa shape index (κ3) is 3.74. The van der Waals surface area contributed by atoms with Gasteiger partial charge in [0.25, 0.3) is 0 Å². The van der Waals surface area contributed by atoms with Crippen molar-refractivity contribution in [3.05, 3.63) is 75.6 Å². The number of hydrogen-bond acceptors (Lipinski definition) is 5. The summed E-state index contributed by atoms with van der Waals surface area (Å²) in [5, 5.41) is 7.42. The van der Waals surface area contributed by atoms with Crippen molar-refractivity contribution in [1.29, 1.82) is 0 Å². The molecule has 1 N–H and O–H groups in total. The number of rotatable bonds is 4. The van der Waals surface area contributed by atoms with Crippen LogP contribution in [0, 0.1) is 13.8 Å². The quantitative estimate of drug-likeness (QED) is 0.560. The summed E-state index contributed by atoms with van der Waals surface area (Å²) in [6.45, 7) is 3.37. The summed E-state index contributed by atoms with van der Waals surface area (Å²) in [6, 6.07) is 12.5. The van der Waals surface area contributed by atoms with E-state index in [4.69, 9.17) is 11.6 Å². The minimum absolute atomic E-state index is 0.247. The first kappa shape index (κ1) is 18.8. The van der Waals surface area contributed by atoms with Crippen molar-refractivity contribution < 1.29 is 4.79 Å². The van der Waals surface area contributed by atoms with Gasteiger partial charge in [-0.3, -0.25) is 9.78 Å². The van der Waals surface area contributed by atoms with Crippen LogP contribution >= 0.6 is 11.6 Å². The number of pyridine rings is 1. The van der Waals surface area contributed by atoms with Crippen molar-refractivity contribution in [3.63, 3.8) is 0 Å². The lowest BCUT2D eigenvalue weighted by Crippen LogP contribution is -2.29. The summed E-state index contributed by atoms with van der Waals surface area (Å²) in [5.41, 5.74) is 2.69. The molecule has 3 aromatic heterocycles. The van der Waals surface area contributed by atoms with Crippen molar-refractivity contribution >= 4 is 28.8 Å². The smallest absolute Gasteiger partial charge is 0.323 e. The van der Waals surface area contributed by atoms with Gasteiger partial charge in [-0.2, -0.15) is 0 Å². The Hall–Kier alpha value is -3.52. The Morgan fingerprint density at radius 2 is 1.97 bits per heavy atom. The molecule has 0 unspecified atom stereocenters. The van der Waals surface area contributed by atoms with Crippen LogP contribution in [0.3, 0.4) is 0 Å². The molecule has 0 bridgehead atoms. The first-order valence-electron chi connectivity index (χ1n) is 8.87. The maximum absolute atomic E-state index is 12.7. The lowest BCUT2D eigenvalue weighted by Gasteiger charge is -2.07. The van der Waals surface area contributed by atoms with Gasteiger partial charge in [-0.15, -0.1) is 5.10 Å². The Morgan fingerprint density at radius 1 is 1.14 bits per heavy atom. The van der Waals surface area contributed by atoms with Crippen LogP contribution in [0.2, 0.25) is 5.02 Å². The SMILES string of the molecule is Cc1ccc(NC(=O)Cn2nc3cc(-c4ccccn4)nc(C)n3c2=O)c(Cl)c1. The molecule has 1 aromatic carbocycles. The molecule has 0 saturated carbocycles. The molecular weight excluding hydrogens is 392 g/mol. The molecule has 0 atom stereocenters. The number of nitrogens with zero attached hydrogens (tertiary/aromatic N) is 5. The fourth-order valence-corrected chi connectivity index (χ4v) is 3.28. The topological polar surface area (TPSA) is 94.2 Å². The molecular formula is C20H17ClN6O2. The summed E-state index contributed by atoms with van der Waals surface area (Å²) < 4.78 is 2.46. The van der Waals surface area contributed by atoms with E-state index in [0.717, 1.165) is 10.2 Å². The van der Waals surface area contributed by atoms with Gasteiger partial charge in [0.1, 0.15) is 12.4 Å². The molecule has 0 fully saturated rings. The Balaban J connectivity index is 1.64. The van der Waals surface area contributed by atoms with Crippen molar-refractivity contribution in [2.24, 2.45) is 0 Å². The van der Waals surface area contributed by atoms with Gasteiger partial charge in [0, 0.05) is 12.3 Å². The van der Waals surface area contributed by atoms with Gasteiger partial charge in [-0.05, 0) is 43.7 Å². The van der Waals surface area contributed by atoms with Crippen LogP contribution in [0.1, 0.15) is 11.4 Å². The lowest BCUT2D eigenvalue weighted by atomic mass is 10.2. The number of anilines is 1. The number of benzene rings is 1. The number of aryl methyl sites for hydroxylation is 2. The van der Waals surface area contributed by atoms with Gasteiger partial charge in [-0.1, -0.05) is 23.7 Å². The Labute approximate surface area is 170 Å². The zero-order chi connectivity index (χ0) is 20.5. The summed E-state index contributed by atoms with van der Waals surface area (Å²) in [6.07, 6.45) is 1.67. The summed E-state index contributed by atoms with van der Waals surface area (Å²) in [4.78, 5) is 33.8. The van der Waals surface area contributed by atoms with Gasteiger partial charge in [0.05, 0.1) is 22.1 Å². The third-order valence-electron chi connectivity index (χ3n) is 4.36. The highest BCUT2D eigenvalue weighted by Gasteiger charge is 2.15. The first-order valence-corrected chi connectivity index (χ1v) is 9.25.